The van der Waals surface area contributed by atoms with Gasteiger partial charge in [0, 0.05) is 49.6 Å². The second-order valence-electron chi connectivity index (χ2n) is 8.61. The lowest BCUT2D eigenvalue weighted by Gasteiger charge is -2.15. The average Bonchev–Trinajstić information content (AvgIpc) is 3.48. The maximum Gasteiger partial charge on any atom is 0.240 e. The Morgan fingerprint density at radius 1 is 1.06 bits per heavy atom. The highest BCUT2D eigenvalue weighted by molar-refractivity contribution is 7.89. The van der Waals surface area contributed by atoms with Gasteiger partial charge in [0.2, 0.25) is 15.9 Å². The largest absolute Gasteiger partial charge is 0.343 e. The molecule has 0 saturated carbocycles. The molecule has 2 aromatic heterocycles. The number of fused-ring (bicyclic) bond motifs is 1. The minimum atomic E-state index is -3.66. The SMILES string of the molecule is [B]c1cnn2c(Nc3ccc(S(=O)(=O)NCCCN4CCCC4=O)cc3)cc(-c3ccccc3)nc12. The second kappa shape index (κ2) is 10.1. The molecule has 2 radical (unpaired) electrons. The van der Waals surface area contributed by atoms with Gasteiger partial charge in [0.1, 0.15) is 13.7 Å². The smallest absolute Gasteiger partial charge is 0.240 e. The molecule has 1 aliphatic heterocycles. The zero-order chi connectivity index (χ0) is 25.1. The number of nitrogens with one attached hydrogen (secondary N) is 2. The molecule has 0 aliphatic carbocycles. The summed E-state index contributed by atoms with van der Waals surface area (Å²) in [5.74, 6) is 0.779. The summed E-state index contributed by atoms with van der Waals surface area (Å²) in [5.41, 5.74) is 3.33. The van der Waals surface area contributed by atoms with E-state index in [0.29, 0.717) is 42.0 Å². The van der Waals surface area contributed by atoms with E-state index in [2.05, 4.69) is 20.1 Å². The second-order valence-corrected chi connectivity index (χ2v) is 10.4. The van der Waals surface area contributed by atoms with Crippen LogP contribution in [0.3, 0.4) is 0 Å². The molecule has 2 aromatic carbocycles. The Morgan fingerprint density at radius 3 is 2.56 bits per heavy atom. The van der Waals surface area contributed by atoms with E-state index in [1.54, 1.807) is 39.9 Å². The van der Waals surface area contributed by atoms with Crippen molar-refractivity contribution in [3.63, 3.8) is 0 Å². The van der Waals surface area contributed by atoms with Crippen molar-refractivity contribution in [3.8, 4) is 11.3 Å². The predicted molar refractivity (Wildman–Crippen MR) is 139 cm³/mol. The Bertz CT molecular complexity index is 1490. The van der Waals surface area contributed by atoms with Crippen molar-refractivity contribution in [3.05, 3.63) is 66.9 Å². The van der Waals surface area contributed by atoms with Gasteiger partial charge < -0.3 is 10.2 Å². The molecule has 182 valence electrons. The number of sulfonamides is 1. The molecule has 0 bridgehead atoms. The maximum absolute atomic E-state index is 12.7. The first-order valence-corrected chi connectivity index (χ1v) is 13.2. The van der Waals surface area contributed by atoms with E-state index in [0.717, 1.165) is 24.2 Å². The average molecular weight is 500 g/mol. The van der Waals surface area contributed by atoms with Crippen LogP contribution in [0.4, 0.5) is 11.5 Å². The summed E-state index contributed by atoms with van der Waals surface area (Å²) >= 11 is 0. The van der Waals surface area contributed by atoms with E-state index in [4.69, 9.17) is 7.85 Å². The molecule has 1 fully saturated rings. The van der Waals surface area contributed by atoms with E-state index < -0.39 is 10.0 Å². The number of rotatable bonds is 9. The molecule has 2 N–H and O–H groups in total. The zero-order valence-corrected chi connectivity index (χ0v) is 20.4. The number of hydrogen-bond acceptors (Lipinski definition) is 6. The van der Waals surface area contributed by atoms with Crippen LogP contribution in [-0.2, 0) is 14.8 Å². The van der Waals surface area contributed by atoms with Crippen LogP contribution in [-0.4, -0.2) is 61.3 Å². The number of carbonyl (C=O) groups excluding carboxylic acids is 1. The number of benzene rings is 2. The van der Waals surface area contributed by atoms with Crippen LogP contribution < -0.4 is 15.5 Å². The van der Waals surface area contributed by atoms with E-state index >= 15 is 0 Å². The Hall–Kier alpha value is -3.70. The van der Waals surface area contributed by atoms with Crippen molar-refractivity contribution < 1.29 is 13.2 Å². The quantitative estimate of drug-likeness (QED) is 0.270. The summed E-state index contributed by atoms with van der Waals surface area (Å²) in [4.78, 5) is 18.3. The zero-order valence-electron chi connectivity index (χ0n) is 19.6. The summed E-state index contributed by atoms with van der Waals surface area (Å²) in [7, 11) is 2.42. The molecule has 1 saturated heterocycles. The summed E-state index contributed by atoms with van der Waals surface area (Å²) in [6.45, 7) is 1.58. The van der Waals surface area contributed by atoms with E-state index in [1.165, 1.54) is 0 Å². The Morgan fingerprint density at radius 2 is 1.83 bits per heavy atom. The van der Waals surface area contributed by atoms with Gasteiger partial charge in [0.25, 0.3) is 0 Å². The third-order valence-electron chi connectivity index (χ3n) is 6.07. The van der Waals surface area contributed by atoms with Crippen LogP contribution in [0.5, 0.6) is 0 Å². The van der Waals surface area contributed by atoms with Gasteiger partial charge in [-0.2, -0.15) is 9.61 Å². The van der Waals surface area contributed by atoms with Gasteiger partial charge in [-0.25, -0.2) is 18.1 Å². The fourth-order valence-electron chi connectivity index (χ4n) is 4.19. The van der Waals surface area contributed by atoms with E-state index in [9.17, 15) is 13.2 Å². The number of likely N-dealkylation sites (tertiary alicyclic amines) is 1. The maximum atomic E-state index is 12.7. The summed E-state index contributed by atoms with van der Waals surface area (Å²) in [5, 5.41) is 7.61. The van der Waals surface area contributed by atoms with Gasteiger partial charge >= 0.3 is 0 Å². The van der Waals surface area contributed by atoms with Gasteiger partial charge in [-0.1, -0.05) is 30.3 Å². The molecular formula is C25H25BN6O3S. The van der Waals surface area contributed by atoms with Crippen molar-refractivity contribution in [1.29, 1.82) is 0 Å². The molecule has 0 spiro atoms. The molecule has 1 amide bonds. The van der Waals surface area contributed by atoms with Gasteiger partial charge in [-0.3, -0.25) is 4.79 Å². The lowest BCUT2D eigenvalue weighted by atomic mass is 10.0. The van der Waals surface area contributed by atoms with Crippen LogP contribution >= 0.6 is 0 Å². The first-order valence-electron chi connectivity index (χ1n) is 11.7. The molecule has 4 aromatic rings. The van der Waals surface area contributed by atoms with E-state index in [-0.39, 0.29) is 17.3 Å². The van der Waals surface area contributed by atoms with E-state index in [1.807, 2.05) is 36.4 Å². The Balaban J connectivity index is 1.29. The monoisotopic (exact) mass is 500 g/mol. The molecule has 0 atom stereocenters. The summed E-state index contributed by atoms with van der Waals surface area (Å²) < 4.78 is 29.6. The fraction of sp³-hybridized carbons (Fsp3) is 0.240. The van der Waals surface area contributed by atoms with Crippen molar-refractivity contribution >= 4 is 46.4 Å². The number of hydrogen-bond donors (Lipinski definition) is 2. The van der Waals surface area contributed by atoms with Crippen molar-refractivity contribution in [2.24, 2.45) is 0 Å². The minimum absolute atomic E-state index is 0.140. The highest BCUT2D eigenvalue weighted by Crippen LogP contribution is 2.24. The summed E-state index contributed by atoms with van der Waals surface area (Å²) in [6, 6.07) is 18.1. The molecule has 1 aliphatic rings. The van der Waals surface area contributed by atoms with Crippen molar-refractivity contribution in [2.75, 3.05) is 25.0 Å². The van der Waals surface area contributed by atoms with Gasteiger partial charge in [-0.15, -0.1) is 0 Å². The van der Waals surface area contributed by atoms with Crippen LogP contribution in [0.25, 0.3) is 16.9 Å². The van der Waals surface area contributed by atoms with Gasteiger partial charge in [0.15, 0.2) is 5.65 Å². The predicted octanol–water partition coefficient (Wildman–Crippen LogP) is 2.22. The molecular weight excluding hydrogens is 475 g/mol. The number of carbonyl (C=O) groups is 1. The third kappa shape index (κ3) is 5.12. The number of aromatic nitrogens is 3. The van der Waals surface area contributed by atoms with Gasteiger partial charge in [0.05, 0.1) is 10.6 Å². The Kier molecular flexibility index (Phi) is 6.75. The normalized spacial score (nSPS) is 14.0. The summed E-state index contributed by atoms with van der Waals surface area (Å²) in [6.07, 6.45) is 3.57. The topological polar surface area (TPSA) is 109 Å². The molecule has 9 nitrogen and oxygen atoms in total. The first kappa shape index (κ1) is 24.0. The highest BCUT2D eigenvalue weighted by atomic mass is 32.2. The number of amides is 1. The van der Waals surface area contributed by atoms with Crippen LogP contribution in [0.2, 0.25) is 0 Å². The molecule has 36 heavy (non-hydrogen) atoms. The lowest BCUT2D eigenvalue weighted by molar-refractivity contribution is -0.127. The number of anilines is 2. The van der Waals surface area contributed by atoms with Crippen LogP contribution in [0, 0.1) is 0 Å². The fourth-order valence-corrected chi connectivity index (χ4v) is 5.27. The standard InChI is InChI=1S/C25H25BN6O3S/c26-21-17-27-32-23(16-22(30-25(21)32)18-6-2-1-3-7-18)29-19-9-11-20(12-10-19)36(34,35)28-13-5-15-31-14-4-8-24(31)33/h1-3,6-7,9-12,16-17,28-29H,4-5,8,13-15H2. The van der Waals surface area contributed by atoms with Crippen molar-refractivity contribution in [1.82, 2.24) is 24.2 Å². The highest BCUT2D eigenvalue weighted by Gasteiger charge is 2.20. The van der Waals surface area contributed by atoms with Crippen LogP contribution in [0.15, 0.2) is 71.8 Å². The molecule has 0 unspecified atom stereocenters. The third-order valence-corrected chi connectivity index (χ3v) is 7.55. The Labute approximate surface area is 211 Å². The molecule has 3 heterocycles. The molecule has 11 heteroatoms. The van der Waals surface area contributed by atoms with Crippen LogP contribution in [0.1, 0.15) is 19.3 Å². The van der Waals surface area contributed by atoms with Crippen molar-refractivity contribution in [2.45, 2.75) is 24.2 Å². The van der Waals surface area contributed by atoms with Gasteiger partial charge in [-0.05, 0) is 42.6 Å². The number of nitrogens with zero attached hydrogens (tertiary/aromatic N) is 4. The molecule has 5 rings (SSSR count). The first-order chi connectivity index (χ1) is 17.4. The lowest BCUT2D eigenvalue weighted by Crippen LogP contribution is -2.30. The minimum Gasteiger partial charge on any atom is -0.343 e.